The molecule has 0 bridgehead atoms. The van der Waals surface area contributed by atoms with Crippen LogP contribution in [0.15, 0.2) is 29.1 Å². The van der Waals surface area contributed by atoms with E-state index >= 15 is 0 Å². The number of thiophene rings is 1. The summed E-state index contributed by atoms with van der Waals surface area (Å²) in [4.78, 5) is 32.4. The minimum absolute atomic E-state index is 0.0211. The van der Waals surface area contributed by atoms with Gasteiger partial charge in [-0.05, 0) is 37.3 Å². The lowest BCUT2D eigenvalue weighted by Crippen LogP contribution is -2.15. The molecule has 4 rings (SSSR count). The fourth-order valence-corrected chi connectivity index (χ4v) is 4.49. The summed E-state index contributed by atoms with van der Waals surface area (Å²) < 4.78 is 0. The molecule has 1 aromatic carbocycles. The van der Waals surface area contributed by atoms with Crippen LogP contribution in [0.1, 0.15) is 29.1 Å². The van der Waals surface area contributed by atoms with Gasteiger partial charge in [-0.1, -0.05) is 6.07 Å². The number of nitro groups is 1. The minimum Gasteiger partial charge on any atom is -0.378 e. The van der Waals surface area contributed by atoms with E-state index in [0.29, 0.717) is 18.1 Å². The van der Waals surface area contributed by atoms with Gasteiger partial charge in [0.1, 0.15) is 10.7 Å². The molecule has 0 amide bonds. The van der Waals surface area contributed by atoms with Gasteiger partial charge in [-0.25, -0.2) is 4.98 Å². The summed E-state index contributed by atoms with van der Waals surface area (Å²) in [7, 11) is 0. The van der Waals surface area contributed by atoms with Crippen molar-refractivity contribution in [2.24, 2.45) is 0 Å². The molecule has 0 saturated heterocycles. The fraction of sp³-hybridized carbons (Fsp3) is 0.294. The number of rotatable bonds is 4. The van der Waals surface area contributed by atoms with Crippen LogP contribution in [0.5, 0.6) is 0 Å². The number of anilines is 1. The first kappa shape index (κ1) is 15.8. The third kappa shape index (κ3) is 3.00. The number of nitrogens with zero attached hydrogens (tertiary/aromatic N) is 2. The Morgan fingerprint density at radius 2 is 2.16 bits per heavy atom. The quantitative estimate of drug-likeness (QED) is 0.551. The van der Waals surface area contributed by atoms with Crippen molar-refractivity contribution in [2.75, 3.05) is 5.32 Å². The van der Waals surface area contributed by atoms with Crippen LogP contribution in [0, 0.1) is 10.1 Å². The maximum atomic E-state index is 12.5. The third-order valence-corrected chi connectivity index (χ3v) is 5.58. The maximum absolute atomic E-state index is 12.5. The highest BCUT2D eigenvalue weighted by Gasteiger charge is 2.19. The first-order valence-electron chi connectivity index (χ1n) is 8.13. The van der Waals surface area contributed by atoms with E-state index in [1.165, 1.54) is 23.4 Å². The smallest absolute Gasteiger partial charge is 0.271 e. The van der Waals surface area contributed by atoms with E-state index in [1.807, 2.05) is 0 Å². The Labute approximate surface area is 146 Å². The summed E-state index contributed by atoms with van der Waals surface area (Å²) in [6.07, 6.45) is 4.26. The number of benzene rings is 1. The Hall–Kier alpha value is -2.74. The van der Waals surface area contributed by atoms with Crippen molar-refractivity contribution in [1.82, 2.24) is 9.97 Å². The average Bonchev–Trinajstić information content (AvgIpc) is 2.99. The molecule has 0 spiro atoms. The zero-order chi connectivity index (χ0) is 17.4. The van der Waals surface area contributed by atoms with E-state index in [1.54, 1.807) is 23.5 Å². The Morgan fingerprint density at radius 3 is 3.00 bits per heavy atom. The van der Waals surface area contributed by atoms with E-state index in [-0.39, 0.29) is 11.2 Å². The summed E-state index contributed by atoms with van der Waals surface area (Å²) >= 11 is 1.61. The maximum Gasteiger partial charge on any atom is 0.271 e. The van der Waals surface area contributed by atoms with E-state index in [4.69, 9.17) is 0 Å². The van der Waals surface area contributed by atoms with Gasteiger partial charge in [0.15, 0.2) is 0 Å². The zero-order valence-corrected chi connectivity index (χ0v) is 14.2. The van der Waals surface area contributed by atoms with Crippen molar-refractivity contribution < 1.29 is 4.92 Å². The highest BCUT2D eigenvalue weighted by molar-refractivity contribution is 7.18. The van der Waals surface area contributed by atoms with E-state index in [2.05, 4.69) is 15.3 Å². The predicted molar refractivity (Wildman–Crippen MR) is 97.3 cm³/mol. The highest BCUT2D eigenvalue weighted by Crippen LogP contribution is 2.33. The predicted octanol–water partition coefficient (Wildman–Crippen LogP) is 3.38. The number of H-pyrrole nitrogens is 1. The fourth-order valence-electron chi connectivity index (χ4n) is 3.21. The summed E-state index contributed by atoms with van der Waals surface area (Å²) in [5, 5.41) is 14.6. The molecule has 3 aromatic rings. The van der Waals surface area contributed by atoms with Gasteiger partial charge in [-0.15, -0.1) is 11.3 Å². The number of aromatic amines is 1. The number of hydrogen-bond donors (Lipinski definition) is 2. The summed E-state index contributed by atoms with van der Waals surface area (Å²) in [5.41, 5.74) is 1.70. The molecule has 2 N–H and O–H groups in total. The molecule has 1 aliphatic rings. The molecular weight excluding hydrogens is 340 g/mol. The number of non-ortho nitro benzene ring substituents is 1. The number of aromatic nitrogens is 2. The Morgan fingerprint density at radius 1 is 1.32 bits per heavy atom. The monoisotopic (exact) mass is 356 g/mol. The molecule has 0 atom stereocenters. The molecule has 8 heteroatoms. The van der Waals surface area contributed by atoms with Crippen molar-refractivity contribution in [3.05, 3.63) is 61.0 Å². The highest BCUT2D eigenvalue weighted by atomic mass is 32.1. The van der Waals surface area contributed by atoms with Crippen molar-refractivity contribution in [2.45, 2.75) is 32.2 Å². The molecule has 0 radical (unpaired) electrons. The first-order chi connectivity index (χ1) is 12.1. The second-order valence-corrected chi connectivity index (χ2v) is 7.15. The minimum atomic E-state index is -0.437. The molecule has 1 aliphatic carbocycles. The van der Waals surface area contributed by atoms with Crippen molar-refractivity contribution >= 4 is 32.9 Å². The van der Waals surface area contributed by atoms with Crippen LogP contribution in [0.2, 0.25) is 0 Å². The first-order valence-corrected chi connectivity index (χ1v) is 8.95. The lowest BCUT2D eigenvalue weighted by Gasteiger charge is -2.09. The van der Waals surface area contributed by atoms with Gasteiger partial charge in [0.25, 0.3) is 11.2 Å². The average molecular weight is 356 g/mol. The normalized spacial score (nSPS) is 13.6. The Bertz CT molecular complexity index is 1020. The lowest BCUT2D eigenvalue weighted by molar-refractivity contribution is -0.384. The second-order valence-electron chi connectivity index (χ2n) is 6.06. The van der Waals surface area contributed by atoms with Gasteiger partial charge in [0.05, 0.1) is 16.9 Å². The van der Waals surface area contributed by atoms with Crippen molar-refractivity contribution in [1.29, 1.82) is 0 Å². The molecule has 25 heavy (non-hydrogen) atoms. The molecular formula is C17H16N4O3S. The van der Waals surface area contributed by atoms with Gasteiger partial charge in [-0.2, -0.15) is 0 Å². The number of nitro benzene ring substituents is 1. The van der Waals surface area contributed by atoms with E-state index < -0.39 is 4.92 Å². The van der Waals surface area contributed by atoms with Crippen LogP contribution in [-0.4, -0.2) is 14.9 Å². The van der Waals surface area contributed by atoms with Crippen LogP contribution in [0.25, 0.3) is 10.2 Å². The van der Waals surface area contributed by atoms with Crippen molar-refractivity contribution in [3.8, 4) is 0 Å². The van der Waals surface area contributed by atoms with Crippen LogP contribution in [0.4, 0.5) is 11.4 Å². The van der Waals surface area contributed by atoms with Gasteiger partial charge in [-0.3, -0.25) is 14.9 Å². The molecule has 128 valence electrons. The summed E-state index contributed by atoms with van der Waals surface area (Å²) in [5.74, 6) is 0.530. The number of nitrogens with one attached hydrogen (secondary N) is 2. The Balaban J connectivity index is 1.61. The third-order valence-electron chi connectivity index (χ3n) is 4.39. The standard InChI is InChI=1S/C17H16N4O3S/c22-16-15-12-6-1-2-7-13(12)25-17(15)20-14(19-16)9-18-10-4-3-5-11(8-10)21(23)24/h3-5,8,18H,1-2,6-7,9H2,(H,19,20,22). The number of hydrogen-bond acceptors (Lipinski definition) is 6. The van der Waals surface area contributed by atoms with E-state index in [0.717, 1.165) is 35.0 Å². The lowest BCUT2D eigenvalue weighted by atomic mass is 9.97. The number of fused-ring (bicyclic) bond motifs is 3. The summed E-state index contributed by atoms with van der Waals surface area (Å²) in [6, 6.07) is 6.26. The second kappa shape index (κ2) is 6.29. The largest absolute Gasteiger partial charge is 0.378 e. The van der Waals surface area contributed by atoms with Crippen LogP contribution in [0.3, 0.4) is 0 Å². The Kier molecular flexibility index (Phi) is 3.96. The summed E-state index contributed by atoms with van der Waals surface area (Å²) in [6.45, 7) is 0.301. The topological polar surface area (TPSA) is 101 Å². The van der Waals surface area contributed by atoms with Crippen molar-refractivity contribution in [3.63, 3.8) is 0 Å². The van der Waals surface area contributed by atoms with Crippen LogP contribution in [-0.2, 0) is 19.4 Å². The number of aryl methyl sites for hydroxylation is 2. The molecule has 2 heterocycles. The molecule has 0 saturated carbocycles. The zero-order valence-electron chi connectivity index (χ0n) is 13.4. The molecule has 7 nitrogen and oxygen atoms in total. The van der Waals surface area contributed by atoms with Gasteiger partial charge >= 0.3 is 0 Å². The van der Waals surface area contributed by atoms with Gasteiger partial charge in [0.2, 0.25) is 0 Å². The van der Waals surface area contributed by atoms with Gasteiger partial charge < -0.3 is 10.3 Å². The van der Waals surface area contributed by atoms with Crippen LogP contribution < -0.4 is 10.9 Å². The van der Waals surface area contributed by atoms with Gasteiger partial charge in [0, 0.05) is 22.7 Å². The van der Waals surface area contributed by atoms with E-state index in [9.17, 15) is 14.9 Å². The SMILES string of the molecule is O=c1[nH]c(CNc2cccc([N+](=O)[O-])c2)nc2sc3c(c12)CCCC3. The molecule has 0 aliphatic heterocycles. The molecule has 0 fully saturated rings. The molecule has 0 unspecified atom stereocenters. The molecule has 2 aromatic heterocycles. The van der Waals surface area contributed by atoms with Crippen LogP contribution >= 0.6 is 11.3 Å².